The van der Waals surface area contributed by atoms with Gasteiger partial charge < -0.3 is 5.32 Å². The predicted octanol–water partition coefficient (Wildman–Crippen LogP) is 3.63. The van der Waals surface area contributed by atoms with Crippen LogP contribution in [0.15, 0.2) is 48.5 Å². The summed E-state index contributed by atoms with van der Waals surface area (Å²) in [4.78, 5) is 36.2. The van der Waals surface area contributed by atoms with Gasteiger partial charge in [-0.25, -0.2) is 0 Å². The Hall–Kier alpha value is -2.22. The second-order valence-electron chi connectivity index (χ2n) is 6.35. The second-order valence-corrected chi connectivity index (χ2v) is 7.60. The molecule has 6 heteroatoms. The number of nitrogens with one attached hydrogen (secondary N) is 2. The highest BCUT2D eigenvalue weighted by molar-refractivity contribution is 14.1. The largest absolute Gasteiger partial charge is 0.322 e. The Morgan fingerprint density at radius 2 is 1.92 bits per heavy atom. The molecule has 0 bridgehead atoms. The number of benzene rings is 2. The van der Waals surface area contributed by atoms with E-state index >= 15 is 0 Å². The maximum absolute atomic E-state index is 12.4. The lowest BCUT2D eigenvalue weighted by atomic mass is 9.72. The molecule has 1 aliphatic heterocycles. The molecule has 1 saturated heterocycles. The molecule has 1 heterocycles. The van der Waals surface area contributed by atoms with E-state index in [0.29, 0.717) is 30.5 Å². The van der Waals surface area contributed by atoms with E-state index in [9.17, 15) is 14.4 Å². The molecule has 5 nitrogen and oxygen atoms in total. The van der Waals surface area contributed by atoms with Crippen LogP contribution in [0, 0.1) is 3.57 Å². The lowest BCUT2D eigenvalue weighted by Gasteiger charge is -2.35. The van der Waals surface area contributed by atoms with Crippen molar-refractivity contribution in [3.8, 4) is 0 Å². The van der Waals surface area contributed by atoms with Gasteiger partial charge >= 0.3 is 0 Å². The number of anilines is 1. The number of imide groups is 1. The average Bonchev–Trinajstić information content (AvgIpc) is 2.63. The van der Waals surface area contributed by atoms with E-state index in [0.717, 1.165) is 9.13 Å². The van der Waals surface area contributed by atoms with Gasteiger partial charge in [-0.15, -0.1) is 0 Å². The van der Waals surface area contributed by atoms with Gasteiger partial charge in [0.05, 0.1) is 5.41 Å². The Morgan fingerprint density at radius 1 is 1.19 bits per heavy atom. The minimum absolute atomic E-state index is 0.178. The quantitative estimate of drug-likeness (QED) is 0.539. The Labute approximate surface area is 165 Å². The van der Waals surface area contributed by atoms with E-state index in [-0.39, 0.29) is 17.7 Å². The zero-order valence-corrected chi connectivity index (χ0v) is 16.5. The second kappa shape index (κ2) is 7.57. The maximum atomic E-state index is 12.4. The van der Waals surface area contributed by atoms with Gasteiger partial charge in [0.2, 0.25) is 11.8 Å². The number of amides is 3. The lowest BCUT2D eigenvalue weighted by Crippen LogP contribution is -2.51. The number of piperidine rings is 1. The van der Waals surface area contributed by atoms with E-state index in [1.807, 2.05) is 37.3 Å². The monoisotopic (exact) mass is 462 g/mol. The molecule has 0 aromatic heterocycles. The molecule has 0 spiro atoms. The third-order valence-electron chi connectivity index (χ3n) is 4.85. The van der Waals surface area contributed by atoms with Gasteiger partial charge in [0.1, 0.15) is 0 Å². The Kier molecular flexibility index (Phi) is 5.41. The van der Waals surface area contributed by atoms with Crippen LogP contribution < -0.4 is 10.6 Å². The third-order valence-corrected chi connectivity index (χ3v) is 5.52. The first-order valence-electron chi connectivity index (χ1n) is 8.46. The van der Waals surface area contributed by atoms with E-state index < -0.39 is 5.41 Å². The molecule has 26 heavy (non-hydrogen) atoms. The van der Waals surface area contributed by atoms with Crippen LogP contribution in [-0.4, -0.2) is 17.7 Å². The third kappa shape index (κ3) is 3.65. The molecular weight excluding hydrogens is 443 g/mol. The summed E-state index contributed by atoms with van der Waals surface area (Å²) in [5.74, 6) is -0.644. The standard InChI is InChI=1S/C20H19IN2O3/c1-2-20(11-10-17(24)23-19(20)26)14-6-8-16(9-7-14)22-18(25)13-4-3-5-15(21)12-13/h3-9,12H,2,10-11H2,1H3,(H,22,25)(H,23,24,26). The summed E-state index contributed by atoms with van der Waals surface area (Å²) in [6.45, 7) is 1.95. The van der Waals surface area contributed by atoms with Gasteiger partial charge in [0, 0.05) is 21.2 Å². The molecule has 1 unspecified atom stereocenters. The number of halogens is 1. The summed E-state index contributed by atoms with van der Waals surface area (Å²) in [6.07, 6.45) is 1.45. The molecule has 3 amide bonds. The zero-order valence-electron chi connectivity index (χ0n) is 14.3. The molecule has 0 radical (unpaired) electrons. The van der Waals surface area contributed by atoms with Crippen LogP contribution >= 0.6 is 22.6 Å². The van der Waals surface area contributed by atoms with Crippen LogP contribution in [0.1, 0.15) is 42.1 Å². The van der Waals surface area contributed by atoms with Crippen molar-refractivity contribution in [2.24, 2.45) is 0 Å². The smallest absolute Gasteiger partial charge is 0.255 e. The van der Waals surface area contributed by atoms with Gasteiger partial charge in [-0.05, 0) is 71.3 Å². The first-order valence-corrected chi connectivity index (χ1v) is 9.54. The molecule has 134 valence electrons. The van der Waals surface area contributed by atoms with Crippen molar-refractivity contribution < 1.29 is 14.4 Å². The van der Waals surface area contributed by atoms with Gasteiger partial charge in [-0.2, -0.15) is 0 Å². The number of rotatable bonds is 4. The van der Waals surface area contributed by atoms with Crippen molar-refractivity contribution >= 4 is 46.0 Å². The van der Waals surface area contributed by atoms with Crippen molar-refractivity contribution in [1.29, 1.82) is 0 Å². The summed E-state index contributed by atoms with van der Waals surface area (Å²) >= 11 is 2.17. The summed E-state index contributed by atoms with van der Waals surface area (Å²) in [5.41, 5.74) is 1.43. The summed E-state index contributed by atoms with van der Waals surface area (Å²) in [5, 5.41) is 5.31. The lowest BCUT2D eigenvalue weighted by molar-refractivity contribution is -0.138. The summed E-state index contributed by atoms with van der Waals surface area (Å²) in [6, 6.07) is 14.6. The van der Waals surface area contributed by atoms with Gasteiger partial charge in [-0.3, -0.25) is 19.7 Å². The highest BCUT2D eigenvalue weighted by Gasteiger charge is 2.42. The predicted molar refractivity (Wildman–Crippen MR) is 108 cm³/mol. The highest BCUT2D eigenvalue weighted by atomic mass is 127. The molecule has 0 saturated carbocycles. The van der Waals surface area contributed by atoms with Gasteiger partial charge in [0.15, 0.2) is 0 Å². The molecule has 3 rings (SSSR count). The van der Waals surface area contributed by atoms with Gasteiger partial charge in [-0.1, -0.05) is 25.1 Å². The van der Waals surface area contributed by atoms with E-state index in [2.05, 4.69) is 33.2 Å². The number of hydrogen-bond acceptors (Lipinski definition) is 3. The number of carbonyl (C=O) groups excluding carboxylic acids is 3. The van der Waals surface area contributed by atoms with Crippen molar-refractivity contribution in [2.45, 2.75) is 31.6 Å². The summed E-state index contributed by atoms with van der Waals surface area (Å²) in [7, 11) is 0. The van der Waals surface area contributed by atoms with E-state index in [1.54, 1.807) is 18.2 Å². The Bertz CT molecular complexity index is 864. The minimum atomic E-state index is -0.689. The van der Waals surface area contributed by atoms with Crippen molar-refractivity contribution in [3.63, 3.8) is 0 Å². The normalized spacial score (nSPS) is 19.8. The molecule has 1 atom stereocenters. The highest BCUT2D eigenvalue weighted by Crippen LogP contribution is 2.36. The van der Waals surface area contributed by atoms with Crippen molar-refractivity contribution in [3.05, 3.63) is 63.2 Å². The number of carbonyl (C=O) groups is 3. The molecule has 2 aromatic rings. The fraction of sp³-hybridized carbons (Fsp3) is 0.250. The van der Waals surface area contributed by atoms with E-state index in [1.165, 1.54) is 0 Å². The maximum Gasteiger partial charge on any atom is 0.255 e. The van der Waals surface area contributed by atoms with Crippen LogP contribution in [0.2, 0.25) is 0 Å². The topological polar surface area (TPSA) is 75.3 Å². The molecule has 1 aliphatic rings. The molecule has 0 aliphatic carbocycles. The Balaban J connectivity index is 1.79. The van der Waals surface area contributed by atoms with Crippen LogP contribution in [0.25, 0.3) is 0 Å². The van der Waals surface area contributed by atoms with Crippen LogP contribution in [0.3, 0.4) is 0 Å². The zero-order chi connectivity index (χ0) is 18.7. The van der Waals surface area contributed by atoms with Crippen LogP contribution in [-0.2, 0) is 15.0 Å². The SMILES string of the molecule is CCC1(c2ccc(NC(=O)c3cccc(I)c3)cc2)CCC(=O)NC1=O. The first kappa shape index (κ1) is 18.6. The number of hydrogen-bond donors (Lipinski definition) is 2. The van der Waals surface area contributed by atoms with Crippen molar-refractivity contribution in [1.82, 2.24) is 5.32 Å². The first-order chi connectivity index (χ1) is 12.4. The Morgan fingerprint density at radius 3 is 2.54 bits per heavy atom. The van der Waals surface area contributed by atoms with E-state index in [4.69, 9.17) is 0 Å². The molecule has 2 aromatic carbocycles. The van der Waals surface area contributed by atoms with Gasteiger partial charge in [0.25, 0.3) is 5.91 Å². The summed E-state index contributed by atoms with van der Waals surface area (Å²) < 4.78 is 0.994. The molecule has 1 fully saturated rings. The van der Waals surface area contributed by atoms with Crippen LogP contribution in [0.5, 0.6) is 0 Å². The van der Waals surface area contributed by atoms with Crippen molar-refractivity contribution in [2.75, 3.05) is 5.32 Å². The fourth-order valence-corrected chi connectivity index (χ4v) is 3.81. The minimum Gasteiger partial charge on any atom is -0.322 e. The average molecular weight is 462 g/mol. The molecular formula is C20H19IN2O3. The molecule has 2 N–H and O–H groups in total. The van der Waals surface area contributed by atoms with Crippen LogP contribution in [0.4, 0.5) is 5.69 Å². The fourth-order valence-electron chi connectivity index (χ4n) is 3.27.